The highest BCUT2D eigenvalue weighted by molar-refractivity contribution is 5.92. The van der Waals surface area contributed by atoms with Gasteiger partial charge in [0, 0.05) is 30.5 Å². The molecular weight excluding hydrogens is 397 g/mol. The van der Waals surface area contributed by atoms with Crippen molar-refractivity contribution in [3.63, 3.8) is 0 Å². The Bertz CT molecular complexity index is 985. The van der Waals surface area contributed by atoms with Crippen LogP contribution < -0.4 is 10.2 Å². The minimum absolute atomic E-state index is 0.216. The zero-order valence-electron chi connectivity index (χ0n) is 16.5. The summed E-state index contributed by atoms with van der Waals surface area (Å²) in [6.07, 6.45) is -2.96. The summed E-state index contributed by atoms with van der Waals surface area (Å²) in [5, 5.41) is 22.9. The third kappa shape index (κ3) is 3.83. The third-order valence-electron chi connectivity index (χ3n) is 5.49. The van der Waals surface area contributed by atoms with Gasteiger partial charge in [0.1, 0.15) is 11.3 Å². The van der Waals surface area contributed by atoms with Crippen molar-refractivity contribution in [2.24, 2.45) is 0 Å². The van der Waals surface area contributed by atoms with Crippen LogP contribution in [0.3, 0.4) is 0 Å². The van der Waals surface area contributed by atoms with Crippen LogP contribution in [0.15, 0.2) is 36.5 Å². The molecule has 1 saturated heterocycles. The van der Waals surface area contributed by atoms with Crippen molar-refractivity contribution < 1.29 is 23.1 Å². The number of rotatable bonds is 4. The highest BCUT2D eigenvalue weighted by Gasteiger charge is 2.45. The summed E-state index contributed by atoms with van der Waals surface area (Å²) in [4.78, 5) is 17.7. The normalized spacial score (nSPS) is 21.4. The molecule has 0 bridgehead atoms. The van der Waals surface area contributed by atoms with Gasteiger partial charge in [0.2, 0.25) is 0 Å². The number of carbonyl (C=O) groups excluding carboxylic acids is 1. The first kappa shape index (κ1) is 21.6. The van der Waals surface area contributed by atoms with Crippen LogP contribution in [0.2, 0.25) is 0 Å². The zero-order chi connectivity index (χ0) is 22.1. The van der Waals surface area contributed by atoms with Gasteiger partial charge < -0.3 is 15.3 Å². The van der Waals surface area contributed by atoms with Crippen LogP contribution in [-0.2, 0) is 11.8 Å². The van der Waals surface area contributed by atoms with Gasteiger partial charge in [0.05, 0.1) is 23.2 Å². The van der Waals surface area contributed by atoms with Crippen molar-refractivity contribution in [3.05, 3.63) is 58.9 Å². The number of benzene rings is 1. The number of nitriles is 1. The van der Waals surface area contributed by atoms with Crippen molar-refractivity contribution >= 4 is 11.6 Å². The average molecular weight is 418 g/mol. The highest BCUT2D eigenvalue weighted by atomic mass is 19.4. The molecule has 9 heteroatoms. The van der Waals surface area contributed by atoms with Crippen LogP contribution in [0.25, 0.3) is 0 Å². The van der Waals surface area contributed by atoms with Crippen molar-refractivity contribution in [3.8, 4) is 6.07 Å². The number of nitrogens with one attached hydrogen (secondary N) is 1. The fourth-order valence-electron chi connectivity index (χ4n) is 3.77. The van der Waals surface area contributed by atoms with Crippen molar-refractivity contribution in [1.29, 1.82) is 5.26 Å². The Hall–Kier alpha value is -3.12. The van der Waals surface area contributed by atoms with Crippen LogP contribution in [0, 0.1) is 11.3 Å². The first-order valence-electron chi connectivity index (χ1n) is 9.47. The second-order valence-electron chi connectivity index (χ2n) is 7.17. The van der Waals surface area contributed by atoms with E-state index < -0.39 is 28.9 Å². The molecule has 1 amide bonds. The van der Waals surface area contributed by atoms with E-state index >= 15 is 0 Å². The molecule has 158 valence electrons. The molecule has 0 radical (unpaired) electrons. The standard InChI is InChI=1S/C21H21F3N4O2/c1-3-26-19(29)18-7-5-15(12-27-18)20(30)8-9-28(13(20)2)16-6-4-14(11-25)17(10-16)21(22,23)24/h4-7,10,12-13,30H,3,8-9H2,1-2H3,(H,26,29)/t13-,20-/m0/s1. The lowest BCUT2D eigenvalue weighted by molar-refractivity contribution is -0.137. The van der Waals surface area contributed by atoms with Gasteiger partial charge in [-0.2, -0.15) is 18.4 Å². The number of aliphatic hydroxyl groups is 1. The number of hydrogen-bond donors (Lipinski definition) is 2. The molecule has 0 aliphatic carbocycles. The van der Waals surface area contributed by atoms with Gasteiger partial charge >= 0.3 is 6.18 Å². The zero-order valence-corrected chi connectivity index (χ0v) is 16.5. The summed E-state index contributed by atoms with van der Waals surface area (Å²) in [7, 11) is 0. The lowest BCUT2D eigenvalue weighted by Crippen LogP contribution is -2.40. The minimum atomic E-state index is -4.65. The van der Waals surface area contributed by atoms with Crippen LogP contribution in [0.5, 0.6) is 0 Å². The molecule has 1 aliphatic heterocycles. The first-order valence-corrected chi connectivity index (χ1v) is 9.47. The number of anilines is 1. The molecule has 0 unspecified atom stereocenters. The average Bonchev–Trinajstić information content (AvgIpc) is 3.03. The molecule has 2 N–H and O–H groups in total. The number of aromatic nitrogens is 1. The molecule has 0 saturated carbocycles. The van der Waals surface area contributed by atoms with E-state index in [-0.39, 0.29) is 23.7 Å². The molecule has 2 atom stereocenters. The van der Waals surface area contributed by atoms with Gasteiger partial charge in [-0.3, -0.25) is 9.78 Å². The number of pyridine rings is 1. The number of hydrogen-bond acceptors (Lipinski definition) is 5. The van der Waals surface area contributed by atoms with E-state index in [2.05, 4.69) is 10.3 Å². The van der Waals surface area contributed by atoms with E-state index in [1.807, 2.05) is 0 Å². The Labute approximate surface area is 172 Å². The summed E-state index contributed by atoms with van der Waals surface area (Å²) in [5.74, 6) is -0.325. The fourth-order valence-corrected chi connectivity index (χ4v) is 3.77. The van der Waals surface area contributed by atoms with Gasteiger partial charge in [0.15, 0.2) is 0 Å². The largest absolute Gasteiger partial charge is 0.417 e. The number of alkyl halides is 3. The van der Waals surface area contributed by atoms with Crippen LogP contribution in [-0.4, -0.2) is 35.1 Å². The molecule has 1 aromatic heterocycles. The summed E-state index contributed by atoms with van der Waals surface area (Å²) >= 11 is 0. The molecule has 1 fully saturated rings. The molecule has 1 aromatic carbocycles. The molecule has 30 heavy (non-hydrogen) atoms. The molecule has 0 spiro atoms. The molecule has 1 aliphatic rings. The van der Waals surface area contributed by atoms with Crippen molar-refractivity contribution in [2.45, 2.75) is 38.1 Å². The topological polar surface area (TPSA) is 89.2 Å². The number of carbonyl (C=O) groups is 1. The first-order chi connectivity index (χ1) is 14.1. The van der Waals surface area contributed by atoms with Crippen molar-refractivity contribution in [2.75, 3.05) is 18.0 Å². The van der Waals surface area contributed by atoms with E-state index in [0.29, 0.717) is 18.7 Å². The Morgan fingerprint density at radius 1 is 1.40 bits per heavy atom. The second-order valence-corrected chi connectivity index (χ2v) is 7.17. The lowest BCUT2D eigenvalue weighted by Gasteiger charge is -2.33. The van der Waals surface area contributed by atoms with Gasteiger partial charge in [0.25, 0.3) is 5.91 Å². The van der Waals surface area contributed by atoms with E-state index in [9.17, 15) is 23.1 Å². The summed E-state index contributed by atoms with van der Waals surface area (Å²) in [6.45, 7) is 4.29. The predicted molar refractivity (Wildman–Crippen MR) is 104 cm³/mol. The lowest BCUT2D eigenvalue weighted by atomic mass is 9.88. The minimum Gasteiger partial charge on any atom is -0.383 e. The molecule has 2 heterocycles. The Morgan fingerprint density at radius 3 is 2.70 bits per heavy atom. The quantitative estimate of drug-likeness (QED) is 0.796. The summed E-state index contributed by atoms with van der Waals surface area (Å²) in [6, 6.07) is 7.67. The SMILES string of the molecule is CCNC(=O)c1ccc([C@]2(O)CCN(c3ccc(C#N)c(C(F)(F)F)c3)[C@H]2C)cn1. The van der Waals surface area contributed by atoms with E-state index in [4.69, 9.17) is 5.26 Å². The van der Waals surface area contributed by atoms with E-state index in [1.165, 1.54) is 18.3 Å². The Morgan fingerprint density at radius 2 is 2.13 bits per heavy atom. The van der Waals surface area contributed by atoms with Gasteiger partial charge in [-0.25, -0.2) is 0 Å². The van der Waals surface area contributed by atoms with Gasteiger partial charge in [-0.15, -0.1) is 0 Å². The van der Waals surface area contributed by atoms with E-state index in [0.717, 1.165) is 12.1 Å². The maximum atomic E-state index is 13.3. The Kier molecular flexibility index (Phi) is 5.72. The number of amides is 1. The summed E-state index contributed by atoms with van der Waals surface area (Å²) in [5.41, 5.74) is -1.82. The Balaban J connectivity index is 1.89. The van der Waals surface area contributed by atoms with Gasteiger partial charge in [-0.05, 0) is 44.5 Å². The van der Waals surface area contributed by atoms with Crippen LogP contribution in [0.1, 0.15) is 47.4 Å². The number of halogens is 3. The smallest absolute Gasteiger partial charge is 0.383 e. The van der Waals surface area contributed by atoms with E-state index in [1.54, 1.807) is 30.9 Å². The monoisotopic (exact) mass is 418 g/mol. The fraction of sp³-hybridized carbons (Fsp3) is 0.381. The van der Waals surface area contributed by atoms with Crippen molar-refractivity contribution in [1.82, 2.24) is 10.3 Å². The maximum absolute atomic E-state index is 13.3. The van der Waals surface area contributed by atoms with Gasteiger partial charge in [-0.1, -0.05) is 6.07 Å². The maximum Gasteiger partial charge on any atom is 0.417 e. The predicted octanol–water partition coefficient (Wildman–Crippen LogP) is 3.21. The summed E-state index contributed by atoms with van der Waals surface area (Å²) < 4.78 is 39.9. The molecule has 3 rings (SSSR count). The van der Waals surface area contributed by atoms with Crippen LogP contribution >= 0.6 is 0 Å². The molecule has 6 nitrogen and oxygen atoms in total. The third-order valence-corrected chi connectivity index (χ3v) is 5.49. The second kappa shape index (κ2) is 7.95. The molecule has 2 aromatic rings. The molecular formula is C21H21F3N4O2. The number of nitrogens with zero attached hydrogens (tertiary/aromatic N) is 3. The van der Waals surface area contributed by atoms with Crippen LogP contribution in [0.4, 0.5) is 18.9 Å². The highest BCUT2D eigenvalue weighted by Crippen LogP contribution is 2.42.